The van der Waals surface area contributed by atoms with Crippen molar-refractivity contribution >= 4 is 23.3 Å². The summed E-state index contributed by atoms with van der Waals surface area (Å²) in [6, 6.07) is 16.1. The zero-order valence-electron chi connectivity index (χ0n) is 22.3. The number of rotatable bonds is 6. The third-order valence-corrected chi connectivity index (χ3v) is 7.84. The monoisotopic (exact) mass is 511 g/mol. The summed E-state index contributed by atoms with van der Waals surface area (Å²) >= 11 is 0. The highest BCUT2D eigenvalue weighted by Gasteiger charge is 2.25. The maximum absolute atomic E-state index is 13.2. The number of aromatic nitrogens is 1. The van der Waals surface area contributed by atoms with Crippen LogP contribution < -0.4 is 20.9 Å². The van der Waals surface area contributed by atoms with Gasteiger partial charge in [0.15, 0.2) is 0 Å². The van der Waals surface area contributed by atoms with Crippen LogP contribution in [0.4, 0.5) is 16.2 Å². The van der Waals surface area contributed by atoms with Crippen molar-refractivity contribution in [1.29, 1.82) is 0 Å². The molecule has 3 N–H and O–H groups in total. The van der Waals surface area contributed by atoms with Crippen LogP contribution in [0.2, 0.25) is 0 Å². The van der Waals surface area contributed by atoms with E-state index in [-0.39, 0.29) is 23.9 Å². The van der Waals surface area contributed by atoms with Crippen molar-refractivity contribution in [3.8, 4) is 0 Å². The molecule has 2 aromatic carbocycles. The zero-order chi connectivity index (χ0) is 26.5. The van der Waals surface area contributed by atoms with Gasteiger partial charge in [-0.05, 0) is 93.0 Å². The Morgan fingerprint density at radius 3 is 2.53 bits per heavy atom. The van der Waals surface area contributed by atoms with Crippen LogP contribution in [0.1, 0.15) is 64.2 Å². The Morgan fingerprint density at radius 2 is 1.76 bits per heavy atom. The predicted molar refractivity (Wildman–Crippen MR) is 152 cm³/mol. The highest BCUT2D eigenvalue weighted by Crippen LogP contribution is 2.32. The number of nitrogens with one attached hydrogen (secondary N) is 3. The standard InChI is InChI=1S/C31H37N5O2/c1-21-6-9-29(22(2)18-21)35-31(38)33-20-25-5-3-4-23-7-8-24(19-28(23)25)30(37)34-26-12-16-36(17-13-26)27-10-14-32-15-11-27/h6-11,14-15,18-19,25-26H,3-5,12-13,16-17,20H2,1-2H3,(H,34,37)(H2,33,35,38). The van der Waals surface area contributed by atoms with Crippen LogP contribution in [0, 0.1) is 13.8 Å². The Morgan fingerprint density at radius 1 is 0.974 bits per heavy atom. The Balaban J connectivity index is 1.17. The molecular weight excluding hydrogens is 474 g/mol. The zero-order valence-corrected chi connectivity index (χ0v) is 22.3. The van der Waals surface area contributed by atoms with Crippen LogP contribution >= 0.6 is 0 Å². The third kappa shape index (κ3) is 6.15. The second kappa shape index (κ2) is 11.7. The maximum Gasteiger partial charge on any atom is 0.319 e. The molecule has 198 valence electrons. The molecular formula is C31H37N5O2. The minimum atomic E-state index is -0.198. The van der Waals surface area contributed by atoms with E-state index < -0.39 is 0 Å². The lowest BCUT2D eigenvalue weighted by Crippen LogP contribution is -2.44. The number of pyridine rings is 1. The molecule has 0 spiro atoms. The summed E-state index contributed by atoms with van der Waals surface area (Å²) in [5.74, 6) is 0.181. The second-order valence-electron chi connectivity index (χ2n) is 10.6. The maximum atomic E-state index is 13.2. The molecule has 7 nitrogen and oxygen atoms in total. The molecule has 3 amide bonds. The van der Waals surface area contributed by atoms with Crippen molar-refractivity contribution in [2.45, 2.75) is 57.9 Å². The van der Waals surface area contributed by atoms with Gasteiger partial charge in [-0.2, -0.15) is 0 Å². The first kappa shape index (κ1) is 25.8. The molecule has 0 bridgehead atoms. The van der Waals surface area contributed by atoms with Gasteiger partial charge in [0.25, 0.3) is 5.91 Å². The smallest absolute Gasteiger partial charge is 0.319 e. The summed E-state index contributed by atoms with van der Waals surface area (Å²) < 4.78 is 0. The molecule has 5 rings (SSSR count). The molecule has 1 unspecified atom stereocenters. The normalized spacial score (nSPS) is 17.4. The van der Waals surface area contributed by atoms with E-state index in [1.54, 1.807) is 0 Å². The number of carbonyl (C=O) groups is 2. The van der Waals surface area contributed by atoms with Crippen molar-refractivity contribution in [3.05, 3.63) is 88.7 Å². The fraction of sp³-hybridized carbons (Fsp3) is 0.387. The van der Waals surface area contributed by atoms with E-state index in [9.17, 15) is 9.59 Å². The number of aryl methyl sites for hydroxylation is 3. The number of hydrogen-bond acceptors (Lipinski definition) is 4. The fourth-order valence-electron chi connectivity index (χ4n) is 5.69. The fourth-order valence-corrected chi connectivity index (χ4v) is 5.69. The van der Waals surface area contributed by atoms with Crippen LogP contribution in [-0.4, -0.2) is 42.6 Å². The van der Waals surface area contributed by atoms with Crippen LogP contribution in [0.15, 0.2) is 60.9 Å². The van der Waals surface area contributed by atoms with Crippen molar-refractivity contribution in [1.82, 2.24) is 15.6 Å². The highest BCUT2D eigenvalue weighted by atomic mass is 16.2. The van der Waals surface area contributed by atoms with E-state index in [4.69, 9.17) is 0 Å². The molecule has 3 aromatic rings. The number of piperidine rings is 1. The lowest BCUT2D eigenvalue weighted by molar-refractivity contribution is 0.0931. The molecule has 0 radical (unpaired) electrons. The third-order valence-electron chi connectivity index (χ3n) is 7.84. The Hall–Kier alpha value is -3.87. The van der Waals surface area contributed by atoms with Gasteiger partial charge < -0.3 is 20.9 Å². The average Bonchev–Trinajstić information content (AvgIpc) is 2.94. The topological polar surface area (TPSA) is 86.4 Å². The molecule has 1 aliphatic carbocycles. The number of fused-ring (bicyclic) bond motifs is 1. The van der Waals surface area contributed by atoms with E-state index in [1.165, 1.54) is 22.4 Å². The molecule has 7 heteroatoms. The van der Waals surface area contributed by atoms with Gasteiger partial charge in [0.2, 0.25) is 0 Å². The number of nitrogens with zero attached hydrogens (tertiary/aromatic N) is 2. The van der Waals surface area contributed by atoms with Crippen LogP contribution in [0.5, 0.6) is 0 Å². The number of urea groups is 1. The molecule has 38 heavy (non-hydrogen) atoms. The quantitative estimate of drug-likeness (QED) is 0.417. The lowest BCUT2D eigenvalue weighted by atomic mass is 9.82. The molecule has 2 aliphatic rings. The Labute approximate surface area is 225 Å². The van der Waals surface area contributed by atoms with Crippen molar-refractivity contribution in [2.75, 3.05) is 29.9 Å². The largest absolute Gasteiger partial charge is 0.371 e. The second-order valence-corrected chi connectivity index (χ2v) is 10.6. The average molecular weight is 512 g/mol. The van der Waals surface area contributed by atoms with E-state index in [0.29, 0.717) is 12.1 Å². The first-order valence-corrected chi connectivity index (χ1v) is 13.7. The van der Waals surface area contributed by atoms with Gasteiger partial charge in [-0.25, -0.2) is 4.79 Å². The number of benzene rings is 2. The van der Waals surface area contributed by atoms with Crippen molar-refractivity contribution in [2.24, 2.45) is 0 Å². The van der Waals surface area contributed by atoms with Gasteiger partial charge >= 0.3 is 6.03 Å². The number of hydrogen-bond donors (Lipinski definition) is 3. The molecule has 0 saturated carbocycles. The summed E-state index contributed by atoms with van der Waals surface area (Å²) in [5, 5.41) is 9.28. The number of carbonyl (C=O) groups excluding carboxylic acids is 2. The van der Waals surface area contributed by atoms with E-state index in [0.717, 1.165) is 56.4 Å². The van der Waals surface area contributed by atoms with Crippen LogP contribution in [-0.2, 0) is 6.42 Å². The van der Waals surface area contributed by atoms with Gasteiger partial charge in [0.1, 0.15) is 0 Å². The molecule has 1 atom stereocenters. The lowest BCUT2D eigenvalue weighted by Gasteiger charge is -2.34. The van der Waals surface area contributed by atoms with E-state index >= 15 is 0 Å². The first-order chi connectivity index (χ1) is 18.5. The summed E-state index contributed by atoms with van der Waals surface area (Å²) in [7, 11) is 0. The molecule has 1 saturated heterocycles. The molecule has 1 aromatic heterocycles. The number of amides is 3. The number of anilines is 2. The van der Waals surface area contributed by atoms with Gasteiger partial charge in [0, 0.05) is 60.9 Å². The van der Waals surface area contributed by atoms with Gasteiger partial charge in [-0.15, -0.1) is 0 Å². The first-order valence-electron chi connectivity index (χ1n) is 13.7. The summed E-state index contributed by atoms with van der Waals surface area (Å²) in [6.07, 6.45) is 8.56. The summed E-state index contributed by atoms with van der Waals surface area (Å²) in [6.45, 7) is 6.41. The Bertz CT molecular complexity index is 1280. The van der Waals surface area contributed by atoms with E-state index in [1.807, 2.05) is 62.6 Å². The predicted octanol–water partition coefficient (Wildman–Crippen LogP) is 5.34. The molecule has 1 fully saturated rings. The molecule has 1 aliphatic heterocycles. The summed E-state index contributed by atoms with van der Waals surface area (Å²) in [5.41, 5.74) is 7.38. The van der Waals surface area contributed by atoms with Gasteiger partial charge in [-0.1, -0.05) is 23.8 Å². The van der Waals surface area contributed by atoms with Gasteiger partial charge in [-0.3, -0.25) is 9.78 Å². The van der Waals surface area contributed by atoms with Crippen molar-refractivity contribution in [3.63, 3.8) is 0 Å². The minimum absolute atomic E-state index is 0.0139. The van der Waals surface area contributed by atoms with Crippen molar-refractivity contribution < 1.29 is 9.59 Å². The highest BCUT2D eigenvalue weighted by molar-refractivity contribution is 5.95. The van der Waals surface area contributed by atoms with Crippen LogP contribution in [0.3, 0.4) is 0 Å². The molecule has 2 heterocycles. The minimum Gasteiger partial charge on any atom is -0.371 e. The Kier molecular flexibility index (Phi) is 7.91. The van der Waals surface area contributed by atoms with Gasteiger partial charge in [0.05, 0.1) is 0 Å². The SMILES string of the molecule is Cc1ccc(NC(=O)NCC2CCCc3ccc(C(=O)NC4CCN(c5ccncc5)CC4)cc32)c(C)c1. The summed E-state index contributed by atoms with van der Waals surface area (Å²) in [4.78, 5) is 32.2. The van der Waals surface area contributed by atoms with Crippen LogP contribution in [0.25, 0.3) is 0 Å². The van der Waals surface area contributed by atoms with E-state index in [2.05, 4.69) is 38.0 Å².